The molecule has 0 bridgehead atoms. The van der Waals surface area contributed by atoms with E-state index in [4.69, 9.17) is 0 Å². The van der Waals surface area contributed by atoms with Crippen LogP contribution in [0.4, 0.5) is 10.6 Å². The van der Waals surface area contributed by atoms with Crippen LogP contribution in [0, 0.1) is 5.41 Å². The minimum Gasteiger partial charge on any atom is -0.393 e. The quantitative estimate of drug-likeness (QED) is 0.900. The molecule has 2 N–H and O–H groups in total. The number of hydrogen-bond donors (Lipinski definition) is 2. The van der Waals surface area contributed by atoms with Crippen molar-refractivity contribution in [3.63, 3.8) is 0 Å². The molecule has 0 saturated carbocycles. The number of carbonyl (C=O) groups excluding carboxylic acids is 1. The smallest absolute Gasteiger partial charge is 0.323 e. The lowest BCUT2D eigenvalue weighted by atomic mass is 9.87. The van der Waals surface area contributed by atoms with Gasteiger partial charge in [-0.3, -0.25) is 10.00 Å². The lowest BCUT2D eigenvalue weighted by molar-refractivity contribution is 0.122. The molecule has 2 amide bonds. The van der Waals surface area contributed by atoms with Crippen LogP contribution < -0.4 is 5.32 Å². The second-order valence-corrected chi connectivity index (χ2v) is 7.06. The number of amides is 2. The highest BCUT2D eigenvalue weighted by Gasteiger charge is 2.31. The minimum atomic E-state index is -0.333. The van der Waals surface area contributed by atoms with Crippen molar-refractivity contribution in [3.8, 4) is 0 Å². The minimum absolute atomic E-state index is 0.0763. The highest BCUT2D eigenvalue weighted by molar-refractivity contribution is 5.88. The number of aliphatic hydroxyl groups excluding tert-OH is 1. The van der Waals surface area contributed by atoms with Gasteiger partial charge in [-0.2, -0.15) is 5.10 Å². The van der Waals surface area contributed by atoms with Crippen LogP contribution in [0.15, 0.2) is 6.07 Å². The van der Waals surface area contributed by atoms with Gasteiger partial charge in [-0.1, -0.05) is 27.2 Å². The van der Waals surface area contributed by atoms with E-state index in [2.05, 4.69) is 31.2 Å². The second-order valence-electron chi connectivity index (χ2n) is 7.06. The number of likely N-dealkylation sites (tertiary alicyclic amines) is 1. The summed E-state index contributed by atoms with van der Waals surface area (Å²) in [5, 5.41) is 17.3. The maximum atomic E-state index is 12.5. The summed E-state index contributed by atoms with van der Waals surface area (Å²) in [5.74, 6) is 0.719. The first kappa shape index (κ1) is 16.8. The van der Waals surface area contributed by atoms with Crippen molar-refractivity contribution in [1.29, 1.82) is 0 Å². The van der Waals surface area contributed by atoms with Gasteiger partial charge < -0.3 is 10.0 Å². The molecule has 0 radical (unpaired) electrons. The predicted molar refractivity (Wildman–Crippen MR) is 86.8 cm³/mol. The molecular weight excluding hydrogens is 280 g/mol. The summed E-state index contributed by atoms with van der Waals surface area (Å²) >= 11 is 0. The van der Waals surface area contributed by atoms with Crippen LogP contribution in [0.2, 0.25) is 0 Å². The van der Waals surface area contributed by atoms with Crippen molar-refractivity contribution in [3.05, 3.63) is 11.8 Å². The molecule has 2 heterocycles. The highest BCUT2D eigenvalue weighted by Crippen LogP contribution is 2.28. The summed E-state index contributed by atoms with van der Waals surface area (Å²) < 4.78 is 1.71. The summed E-state index contributed by atoms with van der Waals surface area (Å²) in [5.41, 5.74) is 0.916. The average molecular weight is 308 g/mol. The molecule has 1 aliphatic heterocycles. The Morgan fingerprint density at radius 1 is 1.55 bits per heavy atom. The molecule has 0 aliphatic carbocycles. The van der Waals surface area contributed by atoms with Crippen LogP contribution in [0.5, 0.6) is 0 Å². The van der Waals surface area contributed by atoms with Crippen LogP contribution in [0.1, 0.15) is 45.7 Å². The van der Waals surface area contributed by atoms with E-state index in [1.807, 2.05) is 13.1 Å². The first-order valence-electron chi connectivity index (χ1n) is 8.07. The number of rotatable bonds is 3. The van der Waals surface area contributed by atoms with Gasteiger partial charge in [0.15, 0.2) is 0 Å². The molecule has 1 saturated heterocycles. The molecule has 1 aliphatic rings. The molecule has 124 valence electrons. The van der Waals surface area contributed by atoms with E-state index >= 15 is 0 Å². The van der Waals surface area contributed by atoms with Crippen LogP contribution >= 0.6 is 0 Å². The Kier molecular flexibility index (Phi) is 5.11. The molecule has 22 heavy (non-hydrogen) atoms. The summed E-state index contributed by atoms with van der Waals surface area (Å²) in [4.78, 5) is 14.3. The highest BCUT2D eigenvalue weighted by atomic mass is 16.3. The van der Waals surface area contributed by atoms with Gasteiger partial charge in [0.1, 0.15) is 5.82 Å². The van der Waals surface area contributed by atoms with Crippen LogP contribution in [-0.4, -0.2) is 45.0 Å². The fourth-order valence-electron chi connectivity index (χ4n) is 3.09. The fourth-order valence-corrected chi connectivity index (χ4v) is 3.09. The van der Waals surface area contributed by atoms with Gasteiger partial charge in [-0.15, -0.1) is 0 Å². The van der Waals surface area contributed by atoms with E-state index < -0.39 is 0 Å². The molecule has 0 spiro atoms. The van der Waals surface area contributed by atoms with E-state index in [0.29, 0.717) is 19.5 Å². The summed E-state index contributed by atoms with van der Waals surface area (Å²) in [6.07, 6.45) is 2.96. The third-order valence-corrected chi connectivity index (χ3v) is 4.10. The molecule has 1 atom stereocenters. The Morgan fingerprint density at radius 2 is 2.27 bits per heavy atom. The van der Waals surface area contributed by atoms with E-state index in [-0.39, 0.29) is 17.6 Å². The molecule has 6 heteroatoms. The number of aliphatic hydroxyl groups is 1. The van der Waals surface area contributed by atoms with Gasteiger partial charge in [-0.25, -0.2) is 4.79 Å². The molecule has 2 rings (SSSR count). The van der Waals surface area contributed by atoms with Crippen molar-refractivity contribution >= 4 is 11.8 Å². The van der Waals surface area contributed by atoms with Crippen LogP contribution in [0.25, 0.3) is 0 Å². The number of nitrogens with one attached hydrogen (secondary N) is 1. The second kappa shape index (κ2) is 6.69. The molecule has 1 unspecified atom stereocenters. The summed E-state index contributed by atoms with van der Waals surface area (Å²) in [6, 6.07) is 1.81. The fraction of sp³-hybridized carbons (Fsp3) is 0.750. The van der Waals surface area contributed by atoms with Crippen molar-refractivity contribution in [2.24, 2.45) is 12.5 Å². The van der Waals surface area contributed by atoms with Gasteiger partial charge in [0.25, 0.3) is 0 Å². The van der Waals surface area contributed by atoms with E-state index in [1.165, 1.54) is 0 Å². The zero-order chi connectivity index (χ0) is 16.3. The van der Waals surface area contributed by atoms with E-state index in [0.717, 1.165) is 30.8 Å². The van der Waals surface area contributed by atoms with Crippen LogP contribution in [-0.2, 0) is 13.5 Å². The number of urea groups is 1. The van der Waals surface area contributed by atoms with E-state index in [9.17, 15) is 9.90 Å². The zero-order valence-corrected chi connectivity index (χ0v) is 14.1. The normalized spacial score (nSPS) is 21.5. The van der Waals surface area contributed by atoms with Gasteiger partial charge >= 0.3 is 6.03 Å². The lowest BCUT2D eigenvalue weighted by Gasteiger charge is -2.29. The molecule has 0 aromatic carbocycles. The Balaban J connectivity index is 2.05. The molecule has 1 fully saturated rings. The van der Waals surface area contributed by atoms with Crippen molar-refractivity contribution < 1.29 is 9.90 Å². The van der Waals surface area contributed by atoms with Gasteiger partial charge in [0.05, 0.1) is 11.8 Å². The number of anilines is 1. The van der Waals surface area contributed by atoms with Crippen LogP contribution in [0.3, 0.4) is 0 Å². The average Bonchev–Trinajstić information content (AvgIpc) is 2.66. The summed E-state index contributed by atoms with van der Waals surface area (Å²) in [7, 11) is 1.84. The molecule has 1 aromatic rings. The number of nitrogens with zero attached hydrogens (tertiary/aromatic N) is 3. The first-order chi connectivity index (χ1) is 10.3. The third-order valence-electron chi connectivity index (χ3n) is 4.10. The largest absolute Gasteiger partial charge is 0.393 e. The Labute approximate surface area is 132 Å². The van der Waals surface area contributed by atoms with Crippen molar-refractivity contribution in [1.82, 2.24) is 14.7 Å². The van der Waals surface area contributed by atoms with Gasteiger partial charge in [0.2, 0.25) is 0 Å². The van der Waals surface area contributed by atoms with Crippen molar-refractivity contribution in [2.75, 3.05) is 18.4 Å². The standard InChI is InChI=1S/C16H28N4O2/c1-5-6-12-9-14(19(4)18-12)17-15(22)20-8-7-13(21)10-16(2,3)11-20/h9,13,21H,5-8,10-11H2,1-4H3,(H,17,22). The summed E-state index contributed by atoms with van der Waals surface area (Å²) in [6.45, 7) is 7.51. The predicted octanol–water partition coefficient (Wildman–Crippen LogP) is 2.39. The SMILES string of the molecule is CCCc1cc(NC(=O)N2CCC(O)CC(C)(C)C2)n(C)n1. The number of aryl methyl sites for hydroxylation is 2. The van der Waals surface area contributed by atoms with Gasteiger partial charge in [0, 0.05) is 26.2 Å². The molecular formula is C16H28N4O2. The zero-order valence-electron chi connectivity index (χ0n) is 14.1. The van der Waals surface area contributed by atoms with Crippen molar-refractivity contribution in [2.45, 2.75) is 52.6 Å². The Bertz CT molecular complexity index is 524. The van der Waals surface area contributed by atoms with Gasteiger partial charge in [-0.05, 0) is 24.7 Å². The topological polar surface area (TPSA) is 70.4 Å². The Morgan fingerprint density at radius 3 is 2.95 bits per heavy atom. The maximum Gasteiger partial charge on any atom is 0.323 e. The number of aromatic nitrogens is 2. The third kappa shape index (κ3) is 4.22. The molecule has 1 aromatic heterocycles. The number of carbonyl (C=O) groups is 1. The maximum absolute atomic E-state index is 12.5. The van der Waals surface area contributed by atoms with E-state index in [1.54, 1.807) is 9.58 Å². The lowest BCUT2D eigenvalue weighted by Crippen LogP contribution is -2.40. The molecule has 6 nitrogen and oxygen atoms in total. The Hall–Kier alpha value is -1.56. The monoisotopic (exact) mass is 308 g/mol. The number of hydrogen-bond acceptors (Lipinski definition) is 3. The first-order valence-corrected chi connectivity index (χ1v) is 8.07.